The Morgan fingerprint density at radius 1 is 1.67 bits per heavy atom. The van der Waals surface area contributed by atoms with Crippen LogP contribution in [0, 0.1) is 0 Å². The Hall–Kier alpha value is -0.540. The number of hydrogen-bond acceptors (Lipinski definition) is 3. The Morgan fingerprint density at radius 3 is 2.83 bits per heavy atom. The smallest absolute Gasteiger partial charge is 0.129 e. The van der Waals surface area contributed by atoms with Crippen molar-refractivity contribution in [2.24, 2.45) is 0 Å². The molecule has 0 spiro atoms. The number of hydroxylamine groups is 1. The zero-order valence-electron chi connectivity index (χ0n) is 3.18. The van der Waals surface area contributed by atoms with Gasteiger partial charge in [0.1, 0.15) is 6.26 Å². The lowest BCUT2D eigenvalue weighted by molar-refractivity contribution is -0.301. The van der Waals surface area contributed by atoms with Crippen LogP contribution in [0.15, 0.2) is 12.3 Å². The van der Waals surface area contributed by atoms with E-state index in [1.54, 1.807) is 0 Å². The van der Waals surface area contributed by atoms with Crippen molar-refractivity contribution in [1.82, 2.24) is 5.48 Å². The molecule has 6 heavy (non-hydrogen) atoms. The lowest BCUT2D eigenvalue weighted by Gasteiger charge is -2.02. The van der Waals surface area contributed by atoms with Gasteiger partial charge in [-0.05, 0) is 6.08 Å². The predicted octanol–water partition coefficient (Wildman–Crippen LogP) is -0.0335. The third kappa shape index (κ3) is 0.702. The largest absolute Gasteiger partial charge is 0.328 e. The van der Waals surface area contributed by atoms with E-state index in [4.69, 9.17) is 0 Å². The van der Waals surface area contributed by atoms with Crippen molar-refractivity contribution in [3.05, 3.63) is 12.3 Å². The molecule has 0 aromatic rings. The van der Waals surface area contributed by atoms with Crippen molar-refractivity contribution in [2.45, 2.75) is 0 Å². The SMILES string of the molecule is C1=COONC1. The summed E-state index contributed by atoms with van der Waals surface area (Å²) in [4.78, 5) is 8.51. The van der Waals surface area contributed by atoms with E-state index in [2.05, 4.69) is 15.4 Å². The van der Waals surface area contributed by atoms with E-state index in [1.807, 2.05) is 6.08 Å². The van der Waals surface area contributed by atoms with E-state index in [9.17, 15) is 0 Å². The van der Waals surface area contributed by atoms with E-state index in [1.165, 1.54) is 6.26 Å². The Bertz CT molecular complexity index is 53.8. The minimum absolute atomic E-state index is 0.722. The standard InChI is InChI=1S/C3H5NO2/c1-2-4-6-5-3-1/h1,3-4H,2H2. The van der Waals surface area contributed by atoms with Gasteiger partial charge in [0.15, 0.2) is 0 Å². The highest BCUT2D eigenvalue weighted by molar-refractivity contribution is 4.74. The summed E-state index contributed by atoms with van der Waals surface area (Å²) in [6, 6.07) is 0. The molecule has 0 amide bonds. The maximum Gasteiger partial charge on any atom is 0.129 e. The quantitative estimate of drug-likeness (QED) is 0.421. The molecule has 1 aliphatic heterocycles. The highest BCUT2D eigenvalue weighted by Gasteiger charge is 1.84. The first kappa shape index (κ1) is 3.64. The monoisotopic (exact) mass is 87.0 g/mol. The van der Waals surface area contributed by atoms with Crippen LogP contribution in [0.4, 0.5) is 0 Å². The number of rotatable bonds is 0. The van der Waals surface area contributed by atoms with Crippen molar-refractivity contribution < 1.29 is 9.88 Å². The molecule has 0 aromatic carbocycles. The van der Waals surface area contributed by atoms with Crippen LogP contribution >= 0.6 is 0 Å². The molecule has 0 fully saturated rings. The highest BCUT2D eigenvalue weighted by Crippen LogP contribution is 1.81. The van der Waals surface area contributed by atoms with Crippen LogP contribution in [-0.4, -0.2) is 6.54 Å². The molecule has 1 aliphatic rings. The second-order valence-corrected chi connectivity index (χ2v) is 0.900. The summed E-state index contributed by atoms with van der Waals surface area (Å²) in [6.07, 6.45) is 3.29. The van der Waals surface area contributed by atoms with Crippen LogP contribution in [0.3, 0.4) is 0 Å². The van der Waals surface area contributed by atoms with Gasteiger partial charge in [-0.3, -0.25) is 0 Å². The van der Waals surface area contributed by atoms with E-state index >= 15 is 0 Å². The van der Waals surface area contributed by atoms with Gasteiger partial charge in [0.05, 0.1) is 0 Å². The van der Waals surface area contributed by atoms with E-state index in [0.29, 0.717) is 0 Å². The fourth-order valence-electron chi connectivity index (χ4n) is 0.231. The number of nitrogens with one attached hydrogen (secondary N) is 1. The Morgan fingerprint density at radius 2 is 2.67 bits per heavy atom. The zero-order chi connectivity index (χ0) is 4.24. The Kier molecular flexibility index (Phi) is 1.09. The zero-order valence-corrected chi connectivity index (χ0v) is 3.18. The molecular weight excluding hydrogens is 82.0 g/mol. The Labute approximate surface area is 35.4 Å². The van der Waals surface area contributed by atoms with E-state index < -0.39 is 0 Å². The Balaban J connectivity index is 2.26. The molecule has 1 heterocycles. The van der Waals surface area contributed by atoms with Crippen LogP contribution in [0.5, 0.6) is 0 Å². The molecular formula is C3H5NO2. The molecule has 0 saturated carbocycles. The van der Waals surface area contributed by atoms with Gasteiger partial charge in [-0.2, -0.15) is 5.48 Å². The van der Waals surface area contributed by atoms with Crippen LogP contribution in [-0.2, 0) is 9.88 Å². The van der Waals surface area contributed by atoms with Crippen molar-refractivity contribution in [1.29, 1.82) is 0 Å². The summed E-state index contributed by atoms with van der Waals surface area (Å²) < 4.78 is 0. The summed E-state index contributed by atoms with van der Waals surface area (Å²) in [7, 11) is 0. The van der Waals surface area contributed by atoms with Gasteiger partial charge >= 0.3 is 0 Å². The van der Waals surface area contributed by atoms with Crippen LogP contribution in [0.2, 0.25) is 0 Å². The first-order valence-electron chi connectivity index (χ1n) is 1.70. The van der Waals surface area contributed by atoms with E-state index in [-0.39, 0.29) is 0 Å². The minimum atomic E-state index is 0.722. The normalized spacial score (nSPS) is 20.0. The molecule has 0 bridgehead atoms. The lowest BCUT2D eigenvalue weighted by Crippen LogP contribution is -2.16. The van der Waals surface area contributed by atoms with Crippen LogP contribution in [0.1, 0.15) is 0 Å². The molecule has 0 radical (unpaired) electrons. The third-order valence-electron chi connectivity index (χ3n) is 0.460. The first-order chi connectivity index (χ1) is 3.00. The molecule has 1 N–H and O–H groups in total. The fourth-order valence-corrected chi connectivity index (χ4v) is 0.231. The maximum absolute atomic E-state index is 4.28. The molecule has 0 atom stereocenters. The second kappa shape index (κ2) is 1.79. The average molecular weight is 87.1 g/mol. The second-order valence-electron chi connectivity index (χ2n) is 0.900. The van der Waals surface area contributed by atoms with Gasteiger partial charge in [0, 0.05) is 6.54 Å². The average Bonchev–Trinajstić information content (AvgIpc) is 1.72. The molecule has 3 heteroatoms. The molecule has 0 aliphatic carbocycles. The summed E-state index contributed by atoms with van der Waals surface area (Å²) in [5.41, 5.74) is 2.48. The fraction of sp³-hybridized carbons (Fsp3) is 0.333. The molecule has 3 nitrogen and oxygen atoms in total. The van der Waals surface area contributed by atoms with Crippen molar-refractivity contribution in [3.8, 4) is 0 Å². The van der Waals surface area contributed by atoms with E-state index in [0.717, 1.165) is 6.54 Å². The van der Waals surface area contributed by atoms with Gasteiger partial charge < -0.3 is 4.89 Å². The van der Waals surface area contributed by atoms with Gasteiger partial charge in [-0.1, -0.05) is 4.99 Å². The molecule has 0 unspecified atom stereocenters. The molecule has 0 aromatic heterocycles. The van der Waals surface area contributed by atoms with Gasteiger partial charge in [-0.15, -0.1) is 0 Å². The maximum atomic E-state index is 4.28. The topological polar surface area (TPSA) is 30.5 Å². The van der Waals surface area contributed by atoms with Gasteiger partial charge in [0.25, 0.3) is 0 Å². The minimum Gasteiger partial charge on any atom is -0.328 e. The summed E-state index contributed by atoms with van der Waals surface area (Å²) in [6.45, 7) is 0.722. The van der Waals surface area contributed by atoms with Crippen molar-refractivity contribution in [3.63, 3.8) is 0 Å². The van der Waals surface area contributed by atoms with Crippen LogP contribution < -0.4 is 5.48 Å². The molecule has 0 saturated heterocycles. The third-order valence-corrected chi connectivity index (χ3v) is 0.460. The summed E-state index contributed by atoms with van der Waals surface area (Å²) in [5.74, 6) is 0. The molecule has 34 valence electrons. The highest BCUT2D eigenvalue weighted by atomic mass is 17.3. The number of hydrogen-bond donors (Lipinski definition) is 1. The summed E-state index contributed by atoms with van der Waals surface area (Å²) in [5, 5.41) is 0. The van der Waals surface area contributed by atoms with Gasteiger partial charge in [-0.25, -0.2) is 0 Å². The van der Waals surface area contributed by atoms with Crippen LogP contribution in [0.25, 0.3) is 0 Å². The summed E-state index contributed by atoms with van der Waals surface area (Å²) >= 11 is 0. The first-order valence-corrected chi connectivity index (χ1v) is 1.70. The lowest BCUT2D eigenvalue weighted by atomic mass is 10.6. The van der Waals surface area contributed by atoms with Crippen molar-refractivity contribution in [2.75, 3.05) is 6.54 Å². The van der Waals surface area contributed by atoms with Gasteiger partial charge in [0.2, 0.25) is 0 Å². The van der Waals surface area contributed by atoms with Crippen molar-refractivity contribution >= 4 is 0 Å². The molecule has 1 rings (SSSR count). The predicted molar refractivity (Wildman–Crippen MR) is 19.3 cm³/mol.